The summed E-state index contributed by atoms with van der Waals surface area (Å²) in [5.74, 6) is 0. The summed E-state index contributed by atoms with van der Waals surface area (Å²) in [6, 6.07) is 0. The zero-order valence-electron chi connectivity index (χ0n) is 8.31. The Morgan fingerprint density at radius 3 is 2.00 bits per heavy atom. The molecule has 1 N–H and O–H groups in total. The zero-order chi connectivity index (χ0) is 10.4. The second kappa shape index (κ2) is 3.16. The van der Waals surface area contributed by atoms with Crippen LogP contribution in [0.3, 0.4) is 0 Å². The Morgan fingerprint density at radius 1 is 1.14 bits per heavy atom. The van der Waals surface area contributed by atoms with Gasteiger partial charge in [-0.1, -0.05) is 0 Å². The summed E-state index contributed by atoms with van der Waals surface area (Å²) in [7, 11) is -3.97. The molecule has 2 aliphatic rings. The fourth-order valence-corrected chi connectivity index (χ4v) is 2.58. The van der Waals surface area contributed by atoms with Gasteiger partial charge in [0.05, 0.1) is 0 Å². The molecule has 5 nitrogen and oxygen atoms in total. The van der Waals surface area contributed by atoms with Crippen LogP contribution < -0.4 is 0 Å². The minimum Gasteiger partial charge on any atom is -0.295 e. The van der Waals surface area contributed by atoms with E-state index >= 15 is 0 Å². The van der Waals surface area contributed by atoms with Gasteiger partial charge in [0.25, 0.3) is 0 Å². The van der Waals surface area contributed by atoms with Crippen molar-refractivity contribution in [1.29, 1.82) is 0 Å². The molecule has 1 saturated heterocycles. The first kappa shape index (κ1) is 10.4. The summed E-state index contributed by atoms with van der Waals surface area (Å²) in [6.45, 7) is 4.49. The topological polar surface area (TPSA) is 60.9 Å². The molecule has 1 heterocycles. The summed E-state index contributed by atoms with van der Waals surface area (Å²) in [4.78, 5) is 2.31. The molecule has 0 aromatic carbocycles. The number of piperazine rings is 1. The highest BCUT2D eigenvalue weighted by molar-refractivity contribution is 7.83. The number of nitrogens with zero attached hydrogens (tertiary/aromatic N) is 2. The Hall–Kier alpha value is -0.170. The maximum atomic E-state index is 10.8. The van der Waals surface area contributed by atoms with E-state index < -0.39 is 10.3 Å². The van der Waals surface area contributed by atoms with Gasteiger partial charge in [-0.2, -0.15) is 12.7 Å². The third-order valence-electron chi connectivity index (χ3n) is 3.30. The molecule has 14 heavy (non-hydrogen) atoms. The van der Waals surface area contributed by atoms with E-state index in [0.717, 1.165) is 17.4 Å². The van der Waals surface area contributed by atoms with Crippen LogP contribution in [0.15, 0.2) is 0 Å². The molecular formula is C8H16N2O3S. The molecule has 1 aliphatic heterocycles. The lowest BCUT2D eigenvalue weighted by Crippen LogP contribution is -2.51. The molecule has 0 amide bonds. The Kier molecular flexibility index (Phi) is 2.34. The van der Waals surface area contributed by atoms with Crippen molar-refractivity contribution in [2.45, 2.75) is 25.3 Å². The molecule has 0 bridgehead atoms. The third-order valence-corrected chi connectivity index (χ3v) is 4.32. The molecule has 0 spiro atoms. The van der Waals surface area contributed by atoms with Crippen LogP contribution >= 0.6 is 0 Å². The van der Waals surface area contributed by atoms with Crippen LogP contribution in [-0.2, 0) is 10.3 Å². The molecule has 1 aliphatic carbocycles. The lowest BCUT2D eigenvalue weighted by atomic mass is 10.2. The van der Waals surface area contributed by atoms with Crippen LogP contribution in [-0.4, -0.2) is 53.9 Å². The van der Waals surface area contributed by atoms with Crippen LogP contribution in [0.4, 0.5) is 0 Å². The fraction of sp³-hybridized carbons (Fsp3) is 1.00. The predicted octanol–water partition coefficient (Wildman–Crippen LogP) is -0.0407. The highest BCUT2D eigenvalue weighted by Gasteiger charge is 2.44. The fourth-order valence-electron chi connectivity index (χ4n) is 1.96. The lowest BCUT2D eigenvalue weighted by Gasteiger charge is -2.36. The largest absolute Gasteiger partial charge is 0.335 e. The van der Waals surface area contributed by atoms with Crippen LogP contribution in [0.1, 0.15) is 19.8 Å². The molecule has 0 aromatic heterocycles. The number of hydrogen-bond donors (Lipinski definition) is 1. The highest BCUT2D eigenvalue weighted by atomic mass is 32.2. The summed E-state index contributed by atoms with van der Waals surface area (Å²) < 4.78 is 31.6. The molecule has 0 radical (unpaired) electrons. The molecule has 0 aromatic rings. The Morgan fingerprint density at radius 2 is 1.64 bits per heavy atom. The average Bonchev–Trinajstić information content (AvgIpc) is 2.84. The summed E-state index contributed by atoms with van der Waals surface area (Å²) in [5, 5.41) is 0. The minimum atomic E-state index is -3.97. The van der Waals surface area contributed by atoms with Gasteiger partial charge in [0.15, 0.2) is 0 Å². The van der Waals surface area contributed by atoms with E-state index in [2.05, 4.69) is 11.8 Å². The van der Waals surface area contributed by atoms with Gasteiger partial charge in [-0.25, -0.2) is 0 Å². The SMILES string of the molecule is CC1(N2CCN(S(=O)(=O)O)CC2)CC1. The predicted molar refractivity (Wildman–Crippen MR) is 52.3 cm³/mol. The summed E-state index contributed by atoms with van der Waals surface area (Å²) in [6.07, 6.45) is 2.41. The number of rotatable bonds is 2. The third kappa shape index (κ3) is 1.93. The first-order chi connectivity index (χ1) is 6.42. The van der Waals surface area contributed by atoms with E-state index in [1.807, 2.05) is 0 Å². The van der Waals surface area contributed by atoms with Gasteiger partial charge in [-0.3, -0.25) is 9.45 Å². The highest BCUT2D eigenvalue weighted by Crippen LogP contribution is 2.41. The standard InChI is InChI=1S/C8H16N2O3S/c1-8(2-3-8)9-4-6-10(7-5-9)14(11,12)13/h2-7H2,1H3,(H,11,12,13). The average molecular weight is 220 g/mol. The molecule has 2 rings (SSSR count). The molecule has 0 unspecified atom stereocenters. The van der Waals surface area contributed by atoms with Crippen LogP contribution in [0.2, 0.25) is 0 Å². The van der Waals surface area contributed by atoms with Crippen molar-refractivity contribution in [2.24, 2.45) is 0 Å². The smallest absolute Gasteiger partial charge is 0.295 e. The second-order valence-corrected chi connectivity index (χ2v) is 5.77. The van der Waals surface area contributed by atoms with Gasteiger partial charge >= 0.3 is 10.3 Å². The van der Waals surface area contributed by atoms with Crippen molar-refractivity contribution in [2.75, 3.05) is 26.2 Å². The van der Waals surface area contributed by atoms with Gasteiger partial charge in [-0.15, -0.1) is 0 Å². The van der Waals surface area contributed by atoms with E-state index in [9.17, 15) is 8.42 Å². The Bertz CT molecular complexity index is 315. The van der Waals surface area contributed by atoms with E-state index in [1.165, 1.54) is 12.8 Å². The van der Waals surface area contributed by atoms with Crippen molar-refractivity contribution in [3.63, 3.8) is 0 Å². The molecule has 1 saturated carbocycles. The van der Waals surface area contributed by atoms with Gasteiger partial charge in [0.2, 0.25) is 0 Å². The van der Waals surface area contributed by atoms with Crippen LogP contribution in [0, 0.1) is 0 Å². The molecule has 82 valence electrons. The summed E-state index contributed by atoms with van der Waals surface area (Å²) >= 11 is 0. The first-order valence-corrected chi connectivity index (χ1v) is 6.29. The monoisotopic (exact) mass is 220 g/mol. The van der Waals surface area contributed by atoms with Crippen molar-refractivity contribution >= 4 is 10.3 Å². The summed E-state index contributed by atoms with van der Waals surface area (Å²) in [5.41, 5.74) is 0.311. The van der Waals surface area contributed by atoms with Crippen LogP contribution in [0.25, 0.3) is 0 Å². The minimum absolute atomic E-state index is 0.311. The quantitative estimate of drug-likeness (QED) is 0.663. The second-order valence-electron chi connectivity index (χ2n) is 4.36. The van der Waals surface area contributed by atoms with Gasteiger partial charge < -0.3 is 0 Å². The van der Waals surface area contributed by atoms with Gasteiger partial charge in [-0.05, 0) is 19.8 Å². The lowest BCUT2D eigenvalue weighted by molar-refractivity contribution is 0.127. The van der Waals surface area contributed by atoms with Crippen molar-refractivity contribution < 1.29 is 13.0 Å². The van der Waals surface area contributed by atoms with E-state index in [-0.39, 0.29) is 0 Å². The van der Waals surface area contributed by atoms with Crippen molar-refractivity contribution in [3.8, 4) is 0 Å². The van der Waals surface area contributed by atoms with E-state index in [0.29, 0.717) is 18.6 Å². The normalized spacial score (nSPS) is 29.0. The van der Waals surface area contributed by atoms with Gasteiger partial charge in [0.1, 0.15) is 0 Å². The molecular weight excluding hydrogens is 204 g/mol. The maximum absolute atomic E-state index is 10.8. The van der Waals surface area contributed by atoms with Gasteiger partial charge in [0, 0.05) is 31.7 Å². The maximum Gasteiger partial charge on any atom is 0.335 e. The Balaban J connectivity index is 1.93. The van der Waals surface area contributed by atoms with E-state index in [4.69, 9.17) is 4.55 Å². The zero-order valence-corrected chi connectivity index (χ0v) is 9.13. The van der Waals surface area contributed by atoms with E-state index in [1.54, 1.807) is 0 Å². The van der Waals surface area contributed by atoms with Crippen molar-refractivity contribution in [1.82, 2.24) is 9.21 Å². The molecule has 0 atom stereocenters. The first-order valence-electron chi connectivity index (χ1n) is 4.89. The van der Waals surface area contributed by atoms with Crippen molar-refractivity contribution in [3.05, 3.63) is 0 Å². The Labute approximate surface area is 84.6 Å². The number of hydrogen-bond acceptors (Lipinski definition) is 3. The van der Waals surface area contributed by atoms with Crippen LogP contribution in [0.5, 0.6) is 0 Å². The molecule has 6 heteroatoms. The molecule has 2 fully saturated rings.